The van der Waals surface area contributed by atoms with E-state index in [0.29, 0.717) is 17.4 Å². The van der Waals surface area contributed by atoms with E-state index in [1.807, 2.05) is 12.1 Å². The molecule has 24 heavy (non-hydrogen) atoms. The number of hydrogen-bond donors (Lipinski definition) is 2. The molecule has 1 aromatic carbocycles. The highest BCUT2D eigenvalue weighted by molar-refractivity contribution is 7.90. The fourth-order valence-corrected chi connectivity index (χ4v) is 4.47. The lowest BCUT2D eigenvalue weighted by Gasteiger charge is -2.20. The van der Waals surface area contributed by atoms with Crippen molar-refractivity contribution in [3.63, 3.8) is 0 Å². The Balaban J connectivity index is 1.50. The third-order valence-electron chi connectivity index (χ3n) is 4.24. The number of benzene rings is 1. The van der Waals surface area contributed by atoms with Crippen molar-refractivity contribution < 1.29 is 8.42 Å². The van der Waals surface area contributed by atoms with Crippen molar-refractivity contribution in [3.8, 4) is 0 Å². The van der Waals surface area contributed by atoms with Crippen LogP contribution in [-0.4, -0.2) is 32.7 Å². The first-order valence-electron chi connectivity index (χ1n) is 8.17. The minimum atomic E-state index is -3.12. The highest BCUT2D eigenvalue weighted by Crippen LogP contribution is 2.27. The zero-order chi connectivity index (χ0) is 17.0. The smallest absolute Gasteiger partial charge is 0.175 e. The molecule has 1 aliphatic rings. The zero-order valence-corrected chi connectivity index (χ0v) is 15.4. The van der Waals surface area contributed by atoms with Crippen LogP contribution in [0.5, 0.6) is 0 Å². The van der Waals surface area contributed by atoms with Gasteiger partial charge >= 0.3 is 0 Å². The molecule has 1 fully saturated rings. The molecule has 0 amide bonds. The molecular formula is C17H23N3O2S2. The number of rotatable bonds is 6. The molecule has 5 nitrogen and oxygen atoms in total. The molecule has 0 atom stereocenters. The van der Waals surface area contributed by atoms with Gasteiger partial charge in [-0.15, -0.1) is 11.3 Å². The summed E-state index contributed by atoms with van der Waals surface area (Å²) >= 11 is 1.76. The van der Waals surface area contributed by atoms with Gasteiger partial charge in [-0.25, -0.2) is 13.4 Å². The lowest BCUT2D eigenvalue weighted by Crippen LogP contribution is -2.26. The van der Waals surface area contributed by atoms with Crippen molar-refractivity contribution in [2.24, 2.45) is 0 Å². The Kier molecular flexibility index (Phi) is 5.65. The van der Waals surface area contributed by atoms with Crippen LogP contribution in [0.4, 0.5) is 0 Å². The Hall–Kier alpha value is -1.28. The van der Waals surface area contributed by atoms with Crippen LogP contribution in [-0.2, 0) is 22.9 Å². The highest BCUT2D eigenvalue weighted by Gasteiger charge is 2.18. The van der Waals surface area contributed by atoms with Crippen molar-refractivity contribution in [1.82, 2.24) is 15.6 Å². The molecule has 0 saturated carbocycles. The molecule has 2 aromatic rings. The van der Waals surface area contributed by atoms with Gasteiger partial charge in [0, 0.05) is 30.6 Å². The Morgan fingerprint density at radius 2 is 1.92 bits per heavy atom. The van der Waals surface area contributed by atoms with Crippen LogP contribution in [0.2, 0.25) is 0 Å². The van der Waals surface area contributed by atoms with E-state index in [9.17, 15) is 8.42 Å². The number of aromatic nitrogens is 1. The number of sulfone groups is 1. The molecule has 0 bridgehead atoms. The highest BCUT2D eigenvalue weighted by atomic mass is 32.2. The van der Waals surface area contributed by atoms with E-state index in [1.165, 1.54) is 24.1 Å². The van der Waals surface area contributed by atoms with Crippen LogP contribution in [0, 0.1) is 0 Å². The molecule has 1 aromatic heterocycles. The average molecular weight is 366 g/mol. The van der Waals surface area contributed by atoms with E-state index in [2.05, 4.69) is 16.0 Å². The summed E-state index contributed by atoms with van der Waals surface area (Å²) in [6, 6.07) is 7.02. The largest absolute Gasteiger partial charge is 0.317 e. The first-order valence-corrected chi connectivity index (χ1v) is 10.9. The second kappa shape index (κ2) is 7.74. The van der Waals surface area contributed by atoms with Gasteiger partial charge in [-0.05, 0) is 43.6 Å². The maximum atomic E-state index is 11.4. The van der Waals surface area contributed by atoms with Gasteiger partial charge in [-0.3, -0.25) is 0 Å². The number of nitrogens with zero attached hydrogens (tertiary/aromatic N) is 1. The van der Waals surface area contributed by atoms with Crippen molar-refractivity contribution >= 4 is 21.2 Å². The monoisotopic (exact) mass is 365 g/mol. The summed E-state index contributed by atoms with van der Waals surface area (Å²) in [6.45, 7) is 3.60. The van der Waals surface area contributed by atoms with Gasteiger partial charge in [0.05, 0.1) is 15.6 Å². The molecule has 3 rings (SSSR count). The number of hydrogen-bond acceptors (Lipinski definition) is 6. The summed E-state index contributed by atoms with van der Waals surface area (Å²) in [4.78, 5) is 5.12. The van der Waals surface area contributed by atoms with Crippen molar-refractivity contribution in [2.45, 2.75) is 36.7 Å². The lowest BCUT2D eigenvalue weighted by atomic mass is 9.99. The molecule has 0 radical (unpaired) electrons. The van der Waals surface area contributed by atoms with Gasteiger partial charge in [-0.1, -0.05) is 12.1 Å². The number of piperidine rings is 1. The van der Waals surface area contributed by atoms with Crippen molar-refractivity contribution in [2.75, 3.05) is 19.3 Å². The molecule has 1 aliphatic heterocycles. The SMILES string of the molecule is CS(=O)(=O)c1ccc(CNCc2csc(C3CCNCC3)n2)cc1. The van der Waals surface area contributed by atoms with Crippen LogP contribution in [0.25, 0.3) is 0 Å². The second-order valence-electron chi connectivity index (χ2n) is 6.22. The first kappa shape index (κ1) is 17.5. The standard InChI is InChI=1S/C17H23N3O2S2/c1-24(21,22)16-4-2-13(3-5-16)10-19-11-15-12-23-17(20-15)14-6-8-18-9-7-14/h2-5,12,14,18-19H,6-11H2,1H3. The molecule has 0 spiro atoms. The molecule has 7 heteroatoms. The Labute approximate surface area is 147 Å². The number of nitrogens with one attached hydrogen (secondary N) is 2. The maximum absolute atomic E-state index is 11.4. The summed E-state index contributed by atoms with van der Waals surface area (Å²) in [7, 11) is -3.12. The van der Waals surface area contributed by atoms with Gasteiger partial charge in [0.1, 0.15) is 0 Å². The summed E-state index contributed by atoms with van der Waals surface area (Å²) in [5, 5.41) is 10.1. The predicted molar refractivity (Wildman–Crippen MR) is 97.1 cm³/mol. The van der Waals surface area contributed by atoms with Gasteiger partial charge in [0.25, 0.3) is 0 Å². The Bertz CT molecular complexity index is 763. The Morgan fingerprint density at radius 3 is 2.58 bits per heavy atom. The summed E-state index contributed by atoms with van der Waals surface area (Å²) in [5.41, 5.74) is 2.15. The minimum Gasteiger partial charge on any atom is -0.317 e. The number of thiazole rings is 1. The van der Waals surface area contributed by atoms with E-state index >= 15 is 0 Å². The zero-order valence-electron chi connectivity index (χ0n) is 13.8. The molecule has 1 saturated heterocycles. The summed E-state index contributed by atoms with van der Waals surface area (Å²) in [5.74, 6) is 0.605. The van der Waals surface area contributed by atoms with Crippen LogP contribution >= 0.6 is 11.3 Å². The lowest BCUT2D eigenvalue weighted by molar-refractivity contribution is 0.458. The van der Waals surface area contributed by atoms with Crippen LogP contribution < -0.4 is 10.6 Å². The normalized spacial score (nSPS) is 16.4. The second-order valence-corrected chi connectivity index (χ2v) is 9.13. The third kappa shape index (κ3) is 4.63. The molecule has 130 valence electrons. The van der Waals surface area contributed by atoms with Gasteiger partial charge < -0.3 is 10.6 Å². The van der Waals surface area contributed by atoms with E-state index in [0.717, 1.165) is 30.9 Å². The van der Waals surface area contributed by atoms with Crippen molar-refractivity contribution in [1.29, 1.82) is 0 Å². The topological polar surface area (TPSA) is 71.1 Å². The molecule has 0 unspecified atom stereocenters. The summed E-state index contributed by atoms with van der Waals surface area (Å²) in [6.07, 6.45) is 3.57. The van der Waals surface area contributed by atoms with Gasteiger partial charge in [0.2, 0.25) is 0 Å². The average Bonchev–Trinajstić information content (AvgIpc) is 3.04. The minimum absolute atomic E-state index is 0.359. The first-order chi connectivity index (χ1) is 11.5. The van der Waals surface area contributed by atoms with Gasteiger partial charge in [-0.2, -0.15) is 0 Å². The van der Waals surface area contributed by atoms with Crippen molar-refractivity contribution in [3.05, 3.63) is 45.9 Å². The fourth-order valence-electron chi connectivity index (χ4n) is 2.85. The predicted octanol–water partition coefficient (Wildman–Crippen LogP) is 2.30. The van der Waals surface area contributed by atoms with Crippen LogP contribution in [0.1, 0.15) is 35.0 Å². The van der Waals surface area contributed by atoms with Crippen LogP contribution in [0.15, 0.2) is 34.5 Å². The maximum Gasteiger partial charge on any atom is 0.175 e. The van der Waals surface area contributed by atoms with Gasteiger partial charge in [0.15, 0.2) is 9.84 Å². The van der Waals surface area contributed by atoms with E-state index in [4.69, 9.17) is 4.98 Å². The van der Waals surface area contributed by atoms with E-state index in [1.54, 1.807) is 23.5 Å². The quantitative estimate of drug-likeness (QED) is 0.822. The molecular weight excluding hydrogens is 342 g/mol. The Morgan fingerprint density at radius 1 is 1.21 bits per heavy atom. The fraction of sp³-hybridized carbons (Fsp3) is 0.471. The third-order valence-corrected chi connectivity index (χ3v) is 6.43. The molecule has 2 N–H and O–H groups in total. The van der Waals surface area contributed by atoms with E-state index in [-0.39, 0.29) is 0 Å². The summed E-state index contributed by atoms with van der Waals surface area (Å²) < 4.78 is 22.9. The van der Waals surface area contributed by atoms with E-state index < -0.39 is 9.84 Å². The molecule has 0 aliphatic carbocycles. The molecule has 2 heterocycles. The van der Waals surface area contributed by atoms with Crippen LogP contribution in [0.3, 0.4) is 0 Å².